The number of carbonyl (C=O) groups excluding carboxylic acids is 1. The second-order valence-corrected chi connectivity index (χ2v) is 4.74. The summed E-state index contributed by atoms with van der Waals surface area (Å²) < 4.78 is 5.13. The predicted molar refractivity (Wildman–Crippen MR) is 69.3 cm³/mol. The van der Waals surface area contributed by atoms with E-state index in [0.717, 1.165) is 5.75 Å². The summed E-state index contributed by atoms with van der Waals surface area (Å²) in [5.41, 5.74) is 1.12. The fraction of sp³-hybridized carbons (Fsp3) is 0.500. The summed E-state index contributed by atoms with van der Waals surface area (Å²) in [6.07, 6.45) is 0.526. The Morgan fingerprint density at radius 1 is 1.29 bits per heavy atom. The Morgan fingerprint density at radius 2 is 1.88 bits per heavy atom. The third kappa shape index (κ3) is 3.77. The molecule has 1 N–H and O–H groups in total. The first-order chi connectivity index (χ1) is 7.99. The summed E-state index contributed by atoms with van der Waals surface area (Å²) in [5.74, 6) is 0.939. The van der Waals surface area contributed by atoms with Crippen LogP contribution < -0.4 is 10.1 Å². The van der Waals surface area contributed by atoms with Crippen molar-refractivity contribution in [3.05, 3.63) is 29.8 Å². The van der Waals surface area contributed by atoms with Crippen LogP contribution in [0.5, 0.6) is 5.75 Å². The van der Waals surface area contributed by atoms with Crippen molar-refractivity contribution in [3.63, 3.8) is 0 Å². The first-order valence-electron chi connectivity index (χ1n) is 5.91. The van der Waals surface area contributed by atoms with Gasteiger partial charge in [0.1, 0.15) is 5.75 Å². The van der Waals surface area contributed by atoms with E-state index in [4.69, 9.17) is 4.74 Å². The molecule has 0 atom stereocenters. The lowest BCUT2D eigenvalue weighted by molar-refractivity contribution is -0.121. The van der Waals surface area contributed by atoms with Gasteiger partial charge in [-0.15, -0.1) is 0 Å². The lowest BCUT2D eigenvalue weighted by Crippen LogP contribution is -2.36. The maximum atomic E-state index is 11.3. The average Bonchev–Trinajstić information content (AvgIpc) is 2.36. The van der Waals surface area contributed by atoms with E-state index >= 15 is 0 Å². The number of methoxy groups -OCH3 is 1. The number of rotatable bonds is 5. The van der Waals surface area contributed by atoms with Crippen molar-refractivity contribution in [1.82, 2.24) is 5.32 Å². The number of ether oxygens (including phenoxy) is 1. The van der Waals surface area contributed by atoms with Crippen LogP contribution >= 0.6 is 0 Å². The maximum Gasteiger partial charge on any atom is 0.219 e. The Hall–Kier alpha value is -1.51. The van der Waals surface area contributed by atoms with Crippen LogP contribution in [0.15, 0.2) is 24.3 Å². The Bertz CT molecular complexity index is 368. The molecule has 0 spiro atoms. The fourth-order valence-corrected chi connectivity index (χ4v) is 1.59. The second kappa shape index (κ2) is 5.71. The quantitative estimate of drug-likeness (QED) is 0.851. The molecule has 0 saturated heterocycles. The van der Waals surface area contributed by atoms with Gasteiger partial charge in [0, 0.05) is 18.4 Å². The van der Waals surface area contributed by atoms with Gasteiger partial charge in [0.15, 0.2) is 0 Å². The smallest absolute Gasteiger partial charge is 0.219 e. The van der Waals surface area contributed by atoms with Crippen molar-refractivity contribution in [2.24, 2.45) is 0 Å². The number of hydrogen-bond donors (Lipinski definition) is 1. The summed E-state index contributed by atoms with van der Waals surface area (Å²) >= 11 is 0. The zero-order valence-electron chi connectivity index (χ0n) is 11.0. The first kappa shape index (κ1) is 13.6. The van der Waals surface area contributed by atoms with E-state index in [1.807, 2.05) is 31.2 Å². The van der Waals surface area contributed by atoms with Gasteiger partial charge in [-0.1, -0.05) is 32.9 Å². The predicted octanol–water partition coefficient (Wildman–Crippen LogP) is 2.50. The van der Waals surface area contributed by atoms with Crippen molar-refractivity contribution in [2.45, 2.75) is 32.6 Å². The number of nitrogens with one attached hydrogen (secondary N) is 1. The Kier molecular flexibility index (Phi) is 4.55. The summed E-state index contributed by atoms with van der Waals surface area (Å²) in [4.78, 5) is 11.3. The van der Waals surface area contributed by atoms with Gasteiger partial charge < -0.3 is 10.1 Å². The van der Waals surface area contributed by atoms with Crippen LogP contribution in [0.1, 0.15) is 32.8 Å². The van der Waals surface area contributed by atoms with Crippen molar-refractivity contribution in [3.8, 4) is 5.75 Å². The summed E-state index contributed by atoms with van der Waals surface area (Å²) in [7, 11) is 1.65. The highest BCUT2D eigenvalue weighted by atomic mass is 16.5. The molecule has 0 fully saturated rings. The normalized spacial score (nSPS) is 11.1. The van der Waals surface area contributed by atoms with Crippen LogP contribution in [-0.4, -0.2) is 19.6 Å². The largest absolute Gasteiger partial charge is 0.497 e. The highest BCUT2D eigenvalue weighted by Crippen LogP contribution is 2.24. The van der Waals surface area contributed by atoms with Crippen LogP contribution in [0.3, 0.4) is 0 Å². The minimum absolute atomic E-state index is 0.0723. The molecule has 0 saturated carbocycles. The molecular weight excluding hydrogens is 214 g/mol. The molecule has 0 unspecified atom stereocenters. The van der Waals surface area contributed by atoms with Gasteiger partial charge in [0.2, 0.25) is 5.91 Å². The molecule has 1 rings (SSSR count). The second-order valence-electron chi connectivity index (χ2n) is 4.74. The van der Waals surface area contributed by atoms with Crippen molar-refractivity contribution in [2.75, 3.05) is 13.7 Å². The van der Waals surface area contributed by atoms with Gasteiger partial charge in [-0.3, -0.25) is 4.79 Å². The van der Waals surface area contributed by atoms with E-state index in [0.29, 0.717) is 13.0 Å². The van der Waals surface area contributed by atoms with Gasteiger partial charge in [-0.2, -0.15) is 0 Å². The molecule has 0 aliphatic heterocycles. The van der Waals surface area contributed by atoms with Gasteiger partial charge >= 0.3 is 0 Å². The highest BCUT2D eigenvalue weighted by molar-refractivity contribution is 5.75. The first-order valence-corrected chi connectivity index (χ1v) is 5.91. The molecule has 0 bridgehead atoms. The fourth-order valence-electron chi connectivity index (χ4n) is 1.59. The van der Waals surface area contributed by atoms with Crippen molar-refractivity contribution >= 4 is 5.91 Å². The van der Waals surface area contributed by atoms with Crippen LogP contribution in [0.25, 0.3) is 0 Å². The number of benzene rings is 1. The van der Waals surface area contributed by atoms with E-state index in [1.54, 1.807) is 7.11 Å². The minimum Gasteiger partial charge on any atom is -0.497 e. The number of carbonyl (C=O) groups is 1. The minimum atomic E-state index is -0.0723. The molecule has 1 aromatic rings. The molecule has 3 nitrogen and oxygen atoms in total. The molecule has 0 aliphatic carbocycles. The van der Waals surface area contributed by atoms with Gasteiger partial charge in [-0.05, 0) is 17.7 Å². The molecule has 94 valence electrons. The Morgan fingerprint density at radius 3 is 2.35 bits per heavy atom. The monoisotopic (exact) mass is 235 g/mol. The molecule has 1 amide bonds. The highest BCUT2D eigenvalue weighted by Gasteiger charge is 2.20. The number of amides is 1. The van der Waals surface area contributed by atoms with E-state index in [1.165, 1.54) is 5.56 Å². The average molecular weight is 235 g/mol. The standard InChI is InChI=1S/C14H21NO2/c1-5-13(16)15-10-14(2,3)11-6-8-12(17-4)9-7-11/h6-9H,5,10H2,1-4H3,(H,15,16). The third-order valence-corrected chi connectivity index (χ3v) is 2.92. The van der Waals surface area contributed by atoms with E-state index in [9.17, 15) is 4.79 Å². The lowest BCUT2D eigenvalue weighted by atomic mass is 9.84. The molecule has 0 aliphatic rings. The molecular formula is C14H21NO2. The third-order valence-electron chi connectivity index (χ3n) is 2.92. The summed E-state index contributed by atoms with van der Waals surface area (Å²) in [6.45, 7) is 6.73. The summed E-state index contributed by atoms with van der Waals surface area (Å²) in [6, 6.07) is 7.96. The number of hydrogen-bond acceptors (Lipinski definition) is 2. The molecule has 0 heterocycles. The molecule has 3 heteroatoms. The zero-order valence-corrected chi connectivity index (χ0v) is 11.0. The molecule has 0 radical (unpaired) electrons. The molecule has 0 aromatic heterocycles. The molecule has 1 aromatic carbocycles. The SMILES string of the molecule is CCC(=O)NCC(C)(C)c1ccc(OC)cc1. The molecule has 17 heavy (non-hydrogen) atoms. The van der Waals surface area contributed by atoms with E-state index < -0.39 is 0 Å². The topological polar surface area (TPSA) is 38.3 Å². The maximum absolute atomic E-state index is 11.3. The van der Waals surface area contributed by atoms with Crippen LogP contribution in [0, 0.1) is 0 Å². The van der Waals surface area contributed by atoms with Crippen LogP contribution in [0.2, 0.25) is 0 Å². The van der Waals surface area contributed by atoms with Gasteiger partial charge in [-0.25, -0.2) is 0 Å². The zero-order chi connectivity index (χ0) is 12.9. The van der Waals surface area contributed by atoms with Gasteiger partial charge in [0.05, 0.1) is 7.11 Å². The lowest BCUT2D eigenvalue weighted by Gasteiger charge is -2.25. The summed E-state index contributed by atoms with van der Waals surface area (Å²) in [5, 5.41) is 2.93. The van der Waals surface area contributed by atoms with E-state index in [2.05, 4.69) is 19.2 Å². The van der Waals surface area contributed by atoms with Crippen molar-refractivity contribution < 1.29 is 9.53 Å². The van der Waals surface area contributed by atoms with Gasteiger partial charge in [0.25, 0.3) is 0 Å². The van der Waals surface area contributed by atoms with Crippen LogP contribution in [-0.2, 0) is 10.2 Å². The Labute approximate surface area is 103 Å². The Balaban J connectivity index is 2.70. The van der Waals surface area contributed by atoms with Crippen molar-refractivity contribution in [1.29, 1.82) is 0 Å². The van der Waals surface area contributed by atoms with E-state index in [-0.39, 0.29) is 11.3 Å². The van der Waals surface area contributed by atoms with Crippen LogP contribution in [0.4, 0.5) is 0 Å².